The number of rotatable bonds is 2. The molecule has 0 aliphatic rings. The smallest absolute Gasteiger partial charge is 0.0901 e. The molecule has 1 aromatic heterocycles. The highest BCUT2D eigenvalue weighted by Gasteiger charge is 2.04. The van der Waals surface area contributed by atoms with E-state index >= 15 is 0 Å². The molecule has 0 aromatic carbocycles. The number of nitrogens with zero attached hydrogens (tertiary/aromatic N) is 1. The number of hydrogen-bond donors (Lipinski definition) is 1. The van der Waals surface area contributed by atoms with Crippen molar-refractivity contribution in [3.05, 3.63) is 29.6 Å². The average molecular weight is 216 g/mol. The van der Waals surface area contributed by atoms with E-state index in [0.29, 0.717) is 5.33 Å². The maximum Gasteiger partial charge on any atom is 0.0901 e. The Balaban J connectivity index is 2.86. The second kappa shape index (κ2) is 3.83. The van der Waals surface area contributed by atoms with Gasteiger partial charge >= 0.3 is 0 Å². The summed E-state index contributed by atoms with van der Waals surface area (Å²) < 4.78 is 0. The van der Waals surface area contributed by atoms with E-state index in [1.807, 2.05) is 13.0 Å². The van der Waals surface area contributed by atoms with E-state index in [1.54, 1.807) is 12.4 Å². The van der Waals surface area contributed by atoms with Crippen molar-refractivity contribution in [2.24, 2.45) is 0 Å². The van der Waals surface area contributed by atoms with Gasteiger partial charge in [0.1, 0.15) is 0 Å². The lowest BCUT2D eigenvalue weighted by Gasteiger charge is -2.06. The van der Waals surface area contributed by atoms with Crippen LogP contribution in [0.2, 0.25) is 0 Å². The van der Waals surface area contributed by atoms with E-state index in [2.05, 4.69) is 20.9 Å². The fourth-order valence-corrected chi connectivity index (χ4v) is 1.22. The van der Waals surface area contributed by atoms with E-state index < -0.39 is 6.10 Å². The number of alkyl halides is 1. The zero-order valence-corrected chi connectivity index (χ0v) is 7.87. The van der Waals surface area contributed by atoms with Gasteiger partial charge in [-0.15, -0.1) is 0 Å². The van der Waals surface area contributed by atoms with Crippen LogP contribution in [-0.4, -0.2) is 15.4 Å². The van der Waals surface area contributed by atoms with Gasteiger partial charge in [-0.3, -0.25) is 4.98 Å². The molecule has 0 saturated carbocycles. The molecule has 3 heteroatoms. The van der Waals surface area contributed by atoms with E-state index in [0.717, 1.165) is 11.1 Å². The molecule has 1 rings (SSSR count). The van der Waals surface area contributed by atoms with Gasteiger partial charge in [0.2, 0.25) is 0 Å². The summed E-state index contributed by atoms with van der Waals surface area (Å²) in [5, 5.41) is 9.92. The molecular formula is C8H10BrNO. The maximum atomic E-state index is 9.37. The third kappa shape index (κ3) is 2.27. The van der Waals surface area contributed by atoms with Crippen LogP contribution in [0.25, 0.3) is 0 Å². The lowest BCUT2D eigenvalue weighted by atomic mass is 10.1. The van der Waals surface area contributed by atoms with Crippen molar-refractivity contribution in [2.45, 2.75) is 13.0 Å². The Labute approximate surface area is 74.4 Å². The number of aliphatic hydroxyl groups is 1. The third-order valence-electron chi connectivity index (χ3n) is 1.43. The van der Waals surface area contributed by atoms with Crippen LogP contribution in [0, 0.1) is 6.92 Å². The zero-order chi connectivity index (χ0) is 8.27. The summed E-state index contributed by atoms with van der Waals surface area (Å²) in [4.78, 5) is 3.97. The molecule has 1 atom stereocenters. The van der Waals surface area contributed by atoms with Gasteiger partial charge in [0.05, 0.1) is 6.10 Å². The van der Waals surface area contributed by atoms with Crippen molar-refractivity contribution in [1.82, 2.24) is 4.98 Å². The predicted octanol–water partition coefficient (Wildman–Crippen LogP) is 1.82. The van der Waals surface area contributed by atoms with Crippen LogP contribution < -0.4 is 0 Å². The quantitative estimate of drug-likeness (QED) is 0.765. The SMILES string of the molecule is Cc1cncc(C(O)CBr)c1. The summed E-state index contributed by atoms with van der Waals surface area (Å²) in [6, 6.07) is 1.93. The van der Waals surface area contributed by atoms with Crippen molar-refractivity contribution in [3.8, 4) is 0 Å². The van der Waals surface area contributed by atoms with Crippen molar-refractivity contribution < 1.29 is 5.11 Å². The standard InChI is InChI=1S/C8H10BrNO/c1-6-2-7(5-10-4-6)8(11)3-9/h2,4-5,8,11H,3H2,1H3. The third-order valence-corrected chi connectivity index (χ3v) is 2.04. The van der Waals surface area contributed by atoms with Crippen LogP contribution in [0.5, 0.6) is 0 Å². The molecule has 11 heavy (non-hydrogen) atoms. The van der Waals surface area contributed by atoms with Gasteiger partial charge in [-0.2, -0.15) is 0 Å². The molecule has 0 radical (unpaired) electrons. The van der Waals surface area contributed by atoms with Crippen molar-refractivity contribution in [1.29, 1.82) is 0 Å². The van der Waals surface area contributed by atoms with E-state index in [9.17, 15) is 5.11 Å². The Morgan fingerprint density at radius 1 is 1.64 bits per heavy atom. The average Bonchev–Trinajstić information content (AvgIpc) is 2.03. The van der Waals surface area contributed by atoms with Crippen molar-refractivity contribution in [2.75, 3.05) is 5.33 Å². The molecule has 0 bridgehead atoms. The second-order valence-corrected chi connectivity index (χ2v) is 3.11. The zero-order valence-electron chi connectivity index (χ0n) is 6.29. The number of aliphatic hydroxyl groups excluding tert-OH is 1. The number of aromatic nitrogens is 1. The normalized spacial score (nSPS) is 13.0. The molecule has 0 fully saturated rings. The number of halogens is 1. The van der Waals surface area contributed by atoms with E-state index in [1.165, 1.54) is 0 Å². The summed E-state index contributed by atoms with van der Waals surface area (Å²) in [6.07, 6.45) is 3.01. The second-order valence-electron chi connectivity index (χ2n) is 2.47. The molecule has 0 aliphatic heterocycles. The molecule has 1 N–H and O–H groups in total. The first kappa shape index (κ1) is 8.68. The van der Waals surface area contributed by atoms with Gasteiger partial charge in [0.25, 0.3) is 0 Å². The first-order valence-corrected chi connectivity index (χ1v) is 4.51. The highest BCUT2D eigenvalue weighted by molar-refractivity contribution is 9.09. The molecule has 60 valence electrons. The number of hydrogen-bond acceptors (Lipinski definition) is 2. The molecule has 0 spiro atoms. The Morgan fingerprint density at radius 2 is 2.36 bits per heavy atom. The fourth-order valence-electron chi connectivity index (χ4n) is 0.850. The largest absolute Gasteiger partial charge is 0.387 e. The van der Waals surface area contributed by atoms with Gasteiger partial charge in [-0.25, -0.2) is 0 Å². The van der Waals surface area contributed by atoms with Gasteiger partial charge in [0.15, 0.2) is 0 Å². The summed E-state index contributed by atoms with van der Waals surface area (Å²) >= 11 is 3.20. The van der Waals surface area contributed by atoms with Crippen LogP contribution >= 0.6 is 15.9 Å². The molecule has 0 saturated heterocycles. The Hall–Kier alpha value is -0.410. The Kier molecular flexibility index (Phi) is 3.02. The Bertz CT molecular complexity index is 239. The maximum absolute atomic E-state index is 9.37. The molecule has 1 heterocycles. The monoisotopic (exact) mass is 215 g/mol. The summed E-state index contributed by atoms with van der Waals surface area (Å²) in [7, 11) is 0. The predicted molar refractivity (Wildman–Crippen MR) is 47.7 cm³/mol. The van der Waals surface area contributed by atoms with Crippen LogP contribution in [-0.2, 0) is 0 Å². The first-order valence-electron chi connectivity index (χ1n) is 3.39. The summed E-state index contributed by atoms with van der Waals surface area (Å²) in [6.45, 7) is 1.96. The Morgan fingerprint density at radius 3 is 2.91 bits per heavy atom. The van der Waals surface area contributed by atoms with Gasteiger partial charge in [-0.05, 0) is 18.1 Å². The minimum atomic E-state index is -0.442. The van der Waals surface area contributed by atoms with E-state index in [4.69, 9.17) is 0 Å². The highest BCUT2D eigenvalue weighted by atomic mass is 79.9. The summed E-state index contributed by atoms with van der Waals surface area (Å²) in [5.41, 5.74) is 1.93. The number of aryl methyl sites for hydroxylation is 1. The highest BCUT2D eigenvalue weighted by Crippen LogP contribution is 2.14. The molecule has 1 aromatic rings. The molecule has 0 amide bonds. The lowest BCUT2D eigenvalue weighted by molar-refractivity contribution is 0.205. The molecular weight excluding hydrogens is 206 g/mol. The molecule has 2 nitrogen and oxygen atoms in total. The van der Waals surface area contributed by atoms with Crippen LogP contribution in [0.15, 0.2) is 18.5 Å². The minimum Gasteiger partial charge on any atom is -0.387 e. The summed E-state index contributed by atoms with van der Waals surface area (Å²) in [5.74, 6) is 0. The molecule has 0 aliphatic carbocycles. The van der Waals surface area contributed by atoms with Crippen molar-refractivity contribution >= 4 is 15.9 Å². The minimum absolute atomic E-state index is 0.442. The first-order chi connectivity index (χ1) is 5.24. The fraction of sp³-hybridized carbons (Fsp3) is 0.375. The van der Waals surface area contributed by atoms with Crippen LogP contribution in [0.3, 0.4) is 0 Å². The van der Waals surface area contributed by atoms with Gasteiger partial charge in [0, 0.05) is 17.7 Å². The van der Waals surface area contributed by atoms with Gasteiger partial charge in [-0.1, -0.05) is 22.0 Å². The van der Waals surface area contributed by atoms with E-state index in [-0.39, 0.29) is 0 Å². The van der Waals surface area contributed by atoms with Gasteiger partial charge < -0.3 is 5.11 Å². The lowest BCUT2D eigenvalue weighted by Crippen LogP contribution is -1.98. The van der Waals surface area contributed by atoms with Crippen LogP contribution in [0.1, 0.15) is 17.2 Å². The molecule has 1 unspecified atom stereocenters. The van der Waals surface area contributed by atoms with Crippen molar-refractivity contribution in [3.63, 3.8) is 0 Å². The topological polar surface area (TPSA) is 33.1 Å². The van der Waals surface area contributed by atoms with Crippen LogP contribution in [0.4, 0.5) is 0 Å². The number of pyridine rings is 1.